The first-order valence-electron chi connectivity index (χ1n) is 9.31. The number of thiophene rings is 1. The van der Waals surface area contributed by atoms with Gasteiger partial charge < -0.3 is 20.6 Å². The molecular formula is C19H26ClN5OS. The van der Waals surface area contributed by atoms with Crippen molar-refractivity contribution in [3.05, 3.63) is 45.2 Å². The summed E-state index contributed by atoms with van der Waals surface area (Å²) in [5, 5.41) is 16.7. The molecule has 1 unspecified atom stereocenters. The van der Waals surface area contributed by atoms with Crippen LogP contribution in [0.3, 0.4) is 0 Å². The van der Waals surface area contributed by atoms with Crippen molar-refractivity contribution in [3.63, 3.8) is 0 Å². The van der Waals surface area contributed by atoms with Crippen LogP contribution < -0.4 is 15.5 Å². The van der Waals surface area contributed by atoms with Crippen molar-refractivity contribution in [3.8, 4) is 0 Å². The molecule has 2 aromatic rings. The molecule has 27 heavy (non-hydrogen) atoms. The van der Waals surface area contributed by atoms with E-state index in [4.69, 9.17) is 11.6 Å². The number of aromatic nitrogens is 1. The number of pyridine rings is 1. The maximum Gasteiger partial charge on any atom is 0.191 e. The molecule has 0 amide bonds. The van der Waals surface area contributed by atoms with Gasteiger partial charge in [-0.1, -0.05) is 11.6 Å². The molecule has 2 aromatic heterocycles. The normalized spacial score (nSPS) is 15.8. The van der Waals surface area contributed by atoms with Gasteiger partial charge in [-0.05, 0) is 49.6 Å². The van der Waals surface area contributed by atoms with Gasteiger partial charge in [-0.15, -0.1) is 11.3 Å². The van der Waals surface area contributed by atoms with Gasteiger partial charge >= 0.3 is 0 Å². The Morgan fingerprint density at radius 2 is 2.15 bits per heavy atom. The fourth-order valence-corrected chi connectivity index (χ4v) is 4.04. The minimum atomic E-state index is -0.617. The fraction of sp³-hybridized carbons (Fsp3) is 0.474. The number of nitrogens with zero attached hydrogens (tertiary/aromatic N) is 3. The second kappa shape index (κ2) is 9.92. The molecule has 1 fully saturated rings. The molecule has 1 atom stereocenters. The molecule has 0 spiro atoms. The van der Waals surface area contributed by atoms with Crippen molar-refractivity contribution in [2.24, 2.45) is 4.99 Å². The maximum atomic E-state index is 10.3. The van der Waals surface area contributed by atoms with Crippen molar-refractivity contribution >= 4 is 34.7 Å². The van der Waals surface area contributed by atoms with E-state index in [1.54, 1.807) is 6.07 Å². The van der Waals surface area contributed by atoms with E-state index in [1.807, 2.05) is 25.3 Å². The van der Waals surface area contributed by atoms with Gasteiger partial charge in [0.2, 0.25) is 0 Å². The molecule has 0 bridgehead atoms. The third kappa shape index (κ3) is 5.82. The Bertz CT molecular complexity index is 760. The molecule has 0 aliphatic carbocycles. The van der Waals surface area contributed by atoms with E-state index in [2.05, 4.69) is 31.6 Å². The van der Waals surface area contributed by atoms with Crippen LogP contribution in [0.1, 0.15) is 36.3 Å². The van der Waals surface area contributed by atoms with Crippen LogP contribution >= 0.6 is 22.9 Å². The number of rotatable bonds is 7. The Kier molecular flexibility index (Phi) is 7.32. The first-order valence-corrected chi connectivity index (χ1v) is 10.5. The van der Waals surface area contributed by atoms with Gasteiger partial charge in [0.25, 0.3) is 0 Å². The molecule has 8 heteroatoms. The van der Waals surface area contributed by atoms with E-state index in [0.29, 0.717) is 23.4 Å². The predicted molar refractivity (Wildman–Crippen MR) is 113 cm³/mol. The number of hydrogen-bond acceptors (Lipinski definition) is 5. The standard InChI is InChI=1S/C19H26ClN5OS/c1-2-21-19(24-13-15(26)16-5-6-17(20)27-16)23-12-14-7-8-22-18(11-14)25-9-3-4-10-25/h5-8,11,15,26H,2-4,9-10,12-13H2,1H3,(H2,21,23,24). The van der Waals surface area contributed by atoms with E-state index in [1.165, 1.54) is 24.2 Å². The lowest BCUT2D eigenvalue weighted by Crippen LogP contribution is -2.39. The number of hydrogen-bond donors (Lipinski definition) is 3. The SMILES string of the molecule is CCNC(=NCc1ccnc(N2CCCC2)c1)NCC(O)c1ccc(Cl)s1. The van der Waals surface area contributed by atoms with Crippen molar-refractivity contribution in [2.45, 2.75) is 32.4 Å². The molecule has 3 N–H and O–H groups in total. The lowest BCUT2D eigenvalue weighted by atomic mass is 10.2. The van der Waals surface area contributed by atoms with Crippen LogP contribution in [0.4, 0.5) is 5.82 Å². The number of halogens is 1. The third-order valence-corrected chi connectivity index (χ3v) is 5.72. The molecule has 3 rings (SSSR count). The smallest absolute Gasteiger partial charge is 0.191 e. The van der Waals surface area contributed by atoms with Crippen LogP contribution in [-0.4, -0.2) is 42.2 Å². The third-order valence-electron chi connectivity index (χ3n) is 4.39. The molecule has 0 saturated carbocycles. The summed E-state index contributed by atoms with van der Waals surface area (Å²) >= 11 is 7.32. The fourth-order valence-electron chi connectivity index (χ4n) is 2.99. The summed E-state index contributed by atoms with van der Waals surface area (Å²) in [5.74, 6) is 1.71. The van der Waals surface area contributed by atoms with Gasteiger partial charge in [0.15, 0.2) is 5.96 Å². The van der Waals surface area contributed by atoms with Gasteiger partial charge in [0.05, 0.1) is 10.9 Å². The van der Waals surface area contributed by atoms with Gasteiger partial charge in [-0.25, -0.2) is 9.98 Å². The van der Waals surface area contributed by atoms with Crippen LogP contribution in [0, 0.1) is 0 Å². The minimum absolute atomic E-state index is 0.373. The quantitative estimate of drug-likeness (QED) is 0.485. The summed E-state index contributed by atoms with van der Waals surface area (Å²) in [7, 11) is 0. The summed E-state index contributed by atoms with van der Waals surface area (Å²) in [6.45, 7) is 5.85. The average molecular weight is 408 g/mol. The molecule has 1 aliphatic heterocycles. The maximum absolute atomic E-state index is 10.3. The highest BCUT2D eigenvalue weighted by Crippen LogP contribution is 2.26. The topological polar surface area (TPSA) is 72.8 Å². The lowest BCUT2D eigenvalue weighted by molar-refractivity contribution is 0.184. The molecule has 3 heterocycles. The van der Waals surface area contributed by atoms with Crippen LogP contribution in [0.25, 0.3) is 0 Å². The van der Waals surface area contributed by atoms with Crippen LogP contribution in [0.2, 0.25) is 4.34 Å². The Morgan fingerprint density at radius 3 is 2.85 bits per heavy atom. The summed E-state index contributed by atoms with van der Waals surface area (Å²) in [6, 6.07) is 7.75. The lowest BCUT2D eigenvalue weighted by Gasteiger charge is -2.17. The average Bonchev–Trinajstić information content (AvgIpc) is 3.36. The molecule has 6 nitrogen and oxygen atoms in total. The van der Waals surface area contributed by atoms with Crippen molar-refractivity contribution in [1.29, 1.82) is 0 Å². The Labute approximate surface area is 169 Å². The Morgan fingerprint density at radius 1 is 1.33 bits per heavy atom. The van der Waals surface area contributed by atoms with Crippen LogP contribution in [-0.2, 0) is 6.54 Å². The predicted octanol–water partition coefficient (Wildman–Crippen LogP) is 3.19. The number of aliphatic hydroxyl groups excluding tert-OH is 1. The van der Waals surface area contributed by atoms with E-state index in [9.17, 15) is 5.11 Å². The first kappa shape index (κ1) is 19.9. The molecular weight excluding hydrogens is 382 g/mol. The van der Waals surface area contributed by atoms with E-state index in [-0.39, 0.29) is 0 Å². The summed E-state index contributed by atoms with van der Waals surface area (Å²) in [5.41, 5.74) is 1.12. The molecule has 1 aliphatic rings. The van der Waals surface area contributed by atoms with Crippen molar-refractivity contribution in [2.75, 3.05) is 31.1 Å². The van der Waals surface area contributed by atoms with Crippen LogP contribution in [0.15, 0.2) is 35.5 Å². The molecule has 0 radical (unpaired) electrons. The zero-order valence-corrected chi connectivity index (χ0v) is 17.1. The zero-order chi connectivity index (χ0) is 19.1. The largest absolute Gasteiger partial charge is 0.386 e. The summed E-state index contributed by atoms with van der Waals surface area (Å²) in [6.07, 6.45) is 3.70. The Hall–Kier alpha value is -1.83. The highest BCUT2D eigenvalue weighted by atomic mass is 35.5. The number of aliphatic imine (C=N–C) groups is 1. The number of aliphatic hydroxyl groups is 1. The highest BCUT2D eigenvalue weighted by Gasteiger charge is 2.14. The Balaban J connectivity index is 1.59. The molecule has 0 aromatic carbocycles. The van der Waals surface area contributed by atoms with Crippen LogP contribution in [0.5, 0.6) is 0 Å². The van der Waals surface area contributed by atoms with Gasteiger partial charge in [-0.3, -0.25) is 0 Å². The minimum Gasteiger partial charge on any atom is -0.386 e. The van der Waals surface area contributed by atoms with Crippen molar-refractivity contribution < 1.29 is 5.11 Å². The molecule has 146 valence electrons. The summed E-state index contributed by atoms with van der Waals surface area (Å²) < 4.78 is 0.677. The number of anilines is 1. The number of nitrogens with one attached hydrogen (secondary N) is 2. The van der Waals surface area contributed by atoms with Gasteiger partial charge in [0.1, 0.15) is 11.9 Å². The molecule has 1 saturated heterocycles. The van der Waals surface area contributed by atoms with Gasteiger partial charge in [-0.2, -0.15) is 0 Å². The van der Waals surface area contributed by atoms with Crippen molar-refractivity contribution in [1.82, 2.24) is 15.6 Å². The van der Waals surface area contributed by atoms with Gasteiger partial charge in [0, 0.05) is 37.3 Å². The monoisotopic (exact) mass is 407 g/mol. The zero-order valence-electron chi connectivity index (χ0n) is 15.5. The summed E-state index contributed by atoms with van der Waals surface area (Å²) in [4.78, 5) is 12.3. The second-order valence-corrected chi connectivity index (χ2v) is 8.20. The highest BCUT2D eigenvalue weighted by molar-refractivity contribution is 7.16. The first-order chi connectivity index (χ1) is 13.2. The second-order valence-electron chi connectivity index (χ2n) is 6.45. The van der Waals surface area contributed by atoms with E-state index >= 15 is 0 Å². The van der Waals surface area contributed by atoms with E-state index in [0.717, 1.165) is 35.9 Å². The van der Waals surface area contributed by atoms with E-state index < -0.39 is 6.10 Å². The number of guanidine groups is 1.